The molecule has 1 heterocycles. The van der Waals surface area contributed by atoms with E-state index in [1.54, 1.807) is 0 Å². The summed E-state index contributed by atoms with van der Waals surface area (Å²) in [6.07, 6.45) is 16.5. The maximum absolute atomic E-state index is 13.4. The molecule has 3 aliphatic carbocycles. The maximum Gasteiger partial charge on any atom is 0.338 e. The number of unbranched alkanes of at least 4 members (excludes halogenated alkanes) is 3. The molecule has 2 amide bonds. The molecule has 0 radical (unpaired) electrons. The number of amides is 2. The average molecular weight is 418 g/mol. The minimum atomic E-state index is 0.181. The number of fused-ring (bicyclic) bond motifs is 5. The number of carbonyl (C=O) groups excluding carboxylic acids is 2. The van der Waals surface area contributed by atoms with Gasteiger partial charge in [0.05, 0.1) is 20.0 Å². The van der Waals surface area contributed by atoms with Crippen molar-refractivity contribution in [2.75, 3.05) is 13.6 Å². The van der Waals surface area contributed by atoms with Crippen LogP contribution in [-0.4, -0.2) is 41.6 Å². The fourth-order valence-electron chi connectivity index (χ4n) is 8.76. The Hall–Kier alpha value is -0.900. The van der Waals surface area contributed by atoms with Crippen LogP contribution in [0.15, 0.2) is 0 Å². The Morgan fingerprint density at radius 1 is 1.03 bits per heavy atom. The molecule has 4 nitrogen and oxygen atoms in total. The lowest BCUT2D eigenvalue weighted by Crippen LogP contribution is -2.74. The molecule has 0 N–H and O–H groups in total. The number of hydrogen-bond acceptors (Lipinski definition) is 2. The quantitative estimate of drug-likeness (QED) is 0.302. The highest BCUT2D eigenvalue weighted by atomic mass is 16.2. The third kappa shape index (κ3) is 3.27. The summed E-state index contributed by atoms with van der Waals surface area (Å²) in [4.78, 5) is 25.6. The molecule has 0 bridgehead atoms. The van der Waals surface area contributed by atoms with E-state index in [0.29, 0.717) is 18.4 Å². The summed E-state index contributed by atoms with van der Waals surface area (Å²) in [6, 6.07) is 0.266. The summed E-state index contributed by atoms with van der Waals surface area (Å²) in [6.45, 7) is 7.98. The Bertz CT molecular complexity index is 665. The highest BCUT2D eigenvalue weighted by molar-refractivity contribution is 5.71. The van der Waals surface area contributed by atoms with Crippen molar-refractivity contribution < 1.29 is 14.2 Å². The Morgan fingerprint density at radius 2 is 1.83 bits per heavy atom. The normalized spacial score (nSPS) is 45.4. The lowest BCUT2D eigenvalue weighted by Gasteiger charge is -2.63. The van der Waals surface area contributed by atoms with Crippen molar-refractivity contribution in [1.82, 2.24) is 5.01 Å². The number of quaternary nitrogens is 1. The van der Waals surface area contributed by atoms with Gasteiger partial charge in [-0.25, -0.2) is 4.79 Å². The highest BCUT2D eigenvalue weighted by Crippen LogP contribution is 2.65. The second-order valence-electron chi connectivity index (χ2n) is 11.8. The van der Waals surface area contributed by atoms with Gasteiger partial charge in [0.2, 0.25) is 0 Å². The van der Waals surface area contributed by atoms with E-state index in [1.807, 2.05) is 5.01 Å². The summed E-state index contributed by atoms with van der Waals surface area (Å²) in [5, 5.41) is 1.88. The Labute approximate surface area is 184 Å². The van der Waals surface area contributed by atoms with E-state index in [9.17, 15) is 9.59 Å². The Balaban J connectivity index is 1.59. The van der Waals surface area contributed by atoms with Gasteiger partial charge in [0.1, 0.15) is 6.04 Å². The fraction of sp³-hybridized carbons (Fsp3) is 0.923. The summed E-state index contributed by atoms with van der Waals surface area (Å²) in [7, 11) is 2.07. The highest BCUT2D eigenvalue weighted by Gasteiger charge is 2.65. The molecule has 7 atom stereocenters. The van der Waals surface area contributed by atoms with Gasteiger partial charge in [-0.05, 0) is 68.1 Å². The topological polar surface area (TPSA) is 37.4 Å². The van der Waals surface area contributed by atoms with Gasteiger partial charge in [0, 0.05) is 11.8 Å². The van der Waals surface area contributed by atoms with Gasteiger partial charge in [0.25, 0.3) is 6.41 Å². The third-order valence-electron chi connectivity index (χ3n) is 10.5. The van der Waals surface area contributed by atoms with Crippen LogP contribution < -0.4 is 0 Å². The van der Waals surface area contributed by atoms with Crippen molar-refractivity contribution in [3.63, 3.8) is 0 Å². The van der Waals surface area contributed by atoms with E-state index in [1.165, 1.54) is 51.4 Å². The summed E-state index contributed by atoms with van der Waals surface area (Å²) < 4.78 is 0.247. The van der Waals surface area contributed by atoms with Crippen molar-refractivity contribution in [3.05, 3.63) is 0 Å². The second-order valence-corrected chi connectivity index (χ2v) is 11.8. The van der Waals surface area contributed by atoms with Crippen LogP contribution >= 0.6 is 0 Å². The predicted octanol–water partition coefficient (Wildman–Crippen LogP) is 5.71. The van der Waals surface area contributed by atoms with Crippen LogP contribution in [0.1, 0.15) is 104 Å². The first kappa shape index (κ1) is 22.3. The van der Waals surface area contributed by atoms with E-state index < -0.39 is 0 Å². The molecule has 4 rings (SSSR count). The van der Waals surface area contributed by atoms with Crippen LogP contribution in [0.5, 0.6) is 0 Å². The van der Waals surface area contributed by atoms with Gasteiger partial charge in [0.15, 0.2) is 0 Å². The molecule has 0 aromatic heterocycles. The molecule has 1 aliphatic heterocycles. The smallest absolute Gasteiger partial charge is 0.273 e. The summed E-state index contributed by atoms with van der Waals surface area (Å²) in [5.41, 5.74) is 0.751. The van der Waals surface area contributed by atoms with E-state index >= 15 is 0 Å². The van der Waals surface area contributed by atoms with Crippen LogP contribution in [0.4, 0.5) is 0 Å². The summed E-state index contributed by atoms with van der Waals surface area (Å²) in [5.74, 6) is 2.72. The first-order chi connectivity index (χ1) is 14.3. The lowest BCUT2D eigenvalue weighted by molar-refractivity contribution is -0.972. The third-order valence-corrected chi connectivity index (χ3v) is 10.5. The number of likely N-dealkylation sites (tertiary alicyclic amines) is 1. The minimum absolute atomic E-state index is 0.181. The first-order valence-corrected chi connectivity index (χ1v) is 12.9. The SMILES string of the molecule is CCCCCCN(C=O)[N+]1(C)C(=O)CC[C@@]2(C)[C@H]1CC[C@H]1[C@@H]3CCC[C@@]3(C)CC[C@@H]12. The zero-order valence-corrected chi connectivity index (χ0v) is 20.0. The number of rotatable bonds is 7. The van der Waals surface area contributed by atoms with Crippen LogP contribution in [0, 0.1) is 28.6 Å². The molecular formula is C26H45N2O2+. The molecule has 0 spiro atoms. The zero-order chi connectivity index (χ0) is 21.6. The standard InChI is InChI=1S/C26H45N2O2/c1-5-6-7-8-18-27(19-29)28(4)23-12-11-20-21-10-9-15-25(21,2)16-13-22(20)26(23,3)17-14-24(28)30/h19-23H,5-18H2,1-4H3/q+1/t20-,21-,22-,23+,25-,26+,28?/m0/s1. The van der Waals surface area contributed by atoms with Crippen molar-refractivity contribution >= 4 is 12.3 Å². The summed E-state index contributed by atoms with van der Waals surface area (Å²) >= 11 is 0. The number of piperidine rings is 1. The van der Waals surface area contributed by atoms with Crippen LogP contribution in [0.2, 0.25) is 0 Å². The van der Waals surface area contributed by atoms with Crippen LogP contribution in [0.25, 0.3) is 0 Å². The molecule has 1 saturated heterocycles. The molecule has 4 heteroatoms. The fourth-order valence-corrected chi connectivity index (χ4v) is 8.76. The Morgan fingerprint density at radius 3 is 2.57 bits per heavy atom. The number of hydrogen-bond donors (Lipinski definition) is 0. The molecule has 1 unspecified atom stereocenters. The predicted molar refractivity (Wildman–Crippen MR) is 120 cm³/mol. The van der Waals surface area contributed by atoms with Gasteiger partial charge >= 0.3 is 5.91 Å². The minimum Gasteiger partial charge on any atom is -0.273 e. The Kier molecular flexibility index (Phi) is 6.11. The van der Waals surface area contributed by atoms with E-state index in [-0.39, 0.29) is 22.0 Å². The second kappa shape index (κ2) is 8.22. The van der Waals surface area contributed by atoms with Crippen molar-refractivity contribution in [1.29, 1.82) is 0 Å². The average Bonchev–Trinajstić information content (AvgIpc) is 3.13. The largest absolute Gasteiger partial charge is 0.338 e. The molecular weight excluding hydrogens is 372 g/mol. The molecule has 4 fully saturated rings. The van der Waals surface area contributed by atoms with E-state index in [2.05, 4.69) is 27.8 Å². The van der Waals surface area contributed by atoms with Gasteiger partial charge < -0.3 is 0 Å². The monoisotopic (exact) mass is 417 g/mol. The van der Waals surface area contributed by atoms with E-state index in [0.717, 1.165) is 49.8 Å². The van der Waals surface area contributed by atoms with Gasteiger partial charge in [-0.3, -0.25) is 4.79 Å². The number of nitrogens with zero attached hydrogens (tertiary/aromatic N) is 2. The molecule has 4 aliphatic rings. The van der Waals surface area contributed by atoms with Crippen molar-refractivity contribution in [2.45, 2.75) is 110 Å². The van der Waals surface area contributed by atoms with Gasteiger partial charge in [-0.1, -0.05) is 46.5 Å². The van der Waals surface area contributed by atoms with Crippen molar-refractivity contribution in [2.24, 2.45) is 28.6 Å². The molecule has 0 aromatic rings. The first-order valence-electron chi connectivity index (χ1n) is 12.9. The zero-order valence-electron chi connectivity index (χ0n) is 20.0. The van der Waals surface area contributed by atoms with Gasteiger partial charge in [-0.15, -0.1) is 0 Å². The molecule has 170 valence electrons. The van der Waals surface area contributed by atoms with Crippen LogP contribution in [0.3, 0.4) is 0 Å². The van der Waals surface area contributed by atoms with E-state index in [4.69, 9.17) is 0 Å². The van der Waals surface area contributed by atoms with Gasteiger partial charge in [-0.2, -0.15) is 9.60 Å². The van der Waals surface area contributed by atoms with Crippen molar-refractivity contribution in [3.8, 4) is 0 Å². The maximum atomic E-state index is 13.4. The molecule has 0 aromatic carbocycles. The number of carbonyl (C=O) groups is 2. The molecule has 30 heavy (non-hydrogen) atoms. The van der Waals surface area contributed by atoms with Crippen LogP contribution in [-0.2, 0) is 9.59 Å². The lowest BCUT2D eigenvalue weighted by atomic mass is 9.47. The molecule has 3 saturated carbocycles.